The zero-order valence-corrected chi connectivity index (χ0v) is 14.4. The van der Waals surface area contributed by atoms with E-state index in [1.165, 1.54) is 0 Å². The Balaban J connectivity index is 1.68. The number of carbonyl (C=O) groups is 2. The van der Waals surface area contributed by atoms with Crippen LogP contribution in [0.15, 0.2) is 6.07 Å². The van der Waals surface area contributed by atoms with E-state index in [0.29, 0.717) is 19.6 Å². The summed E-state index contributed by atoms with van der Waals surface area (Å²) in [4.78, 5) is 28.2. The normalized spacial score (nSPS) is 20.5. The number of anilines is 1. The molecule has 7 heteroatoms. The van der Waals surface area contributed by atoms with Gasteiger partial charge >= 0.3 is 0 Å². The van der Waals surface area contributed by atoms with Crippen LogP contribution in [0.3, 0.4) is 0 Å². The Kier molecular flexibility index (Phi) is 4.97. The first kappa shape index (κ1) is 16.7. The minimum Gasteiger partial charge on any atom is -0.369 e. The van der Waals surface area contributed by atoms with Crippen molar-refractivity contribution in [2.24, 2.45) is 5.92 Å². The topological polar surface area (TPSA) is 78.4 Å². The summed E-state index contributed by atoms with van der Waals surface area (Å²) in [6.07, 6.45) is 2.50. The van der Waals surface area contributed by atoms with Gasteiger partial charge in [-0.1, -0.05) is 0 Å². The molecule has 2 aliphatic heterocycles. The number of hydrogen-bond acceptors (Lipinski definition) is 5. The van der Waals surface area contributed by atoms with Gasteiger partial charge in [0.25, 0.3) is 0 Å². The molecule has 0 bridgehead atoms. The van der Waals surface area contributed by atoms with Gasteiger partial charge in [0.15, 0.2) is 0 Å². The predicted octanol–water partition coefficient (Wildman–Crippen LogP) is 1.05. The molecule has 1 N–H and O–H groups in total. The molecular weight excluding hydrogens is 306 g/mol. The zero-order valence-electron chi connectivity index (χ0n) is 14.4. The standard InChI is InChI=1S/C17H25N5O2/c1-3-18-16-9-14-11-22(8-6-15(14)19-20-16)17(24)13-5-4-7-21(10-13)12(2)23/h9,13H,3-8,10-11H2,1-2H3,(H,18,20)/t13-/m1/s1. The number of nitrogens with zero attached hydrogens (tertiary/aromatic N) is 4. The summed E-state index contributed by atoms with van der Waals surface area (Å²) in [5.41, 5.74) is 2.05. The van der Waals surface area contributed by atoms with Crippen LogP contribution < -0.4 is 5.32 Å². The molecule has 1 atom stereocenters. The molecule has 0 unspecified atom stereocenters. The second-order valence-corrected chi connectivity index (χ2v) is 6.55. The van der Waals surface area contributed by atoms with Crippen molar-refractivity contribution >= 4 is 17.6 Å². The fourth-order valence-electron chi connectivity index (χ4n) is 3.51. The SMILES string of the molecule is CCNc1cc2c(nn1)CCN(C(=O)[C@@H]1CCCN(C(C)=O)C1)C2. The van der Waals surface area contributed by atoms with Crippen molar-refractivity contribution in [2.75, 3.05) is 31.5 Å². The van der Waals surface area contributed by atoms with E-state index in [1.807, 2.05) is 17.9 Å². The third kappa shape index (κ3) is 3.49. The summed E-state index contributed by atoms with van der Waals surface area (Å²) < 4.78 is 0. The van der Waals surface area contributed by atoms with E-state index in [4.69, 9.17) is 0 Å². The van der Waals surface area contributed by atoms with Crippen molar-refractivity contribution in [3.8, 4) is 0 Å². The Morgan fingerprint density at radius 3 is 2.88 bits per heavy atom. The van der Waals surface area contributed by atoms with Gasteiger partial charge in [-0.2, -0.15) is 5.10 Å². The molecule has 2 aliphatic rings. The lowest BCUT2D eigenvalue weighted by Crippen LogP contribution is -2.47. The van der Waals surface area contributed by atoms with Crippen molar-refractivity contribution in [1.82, 2.24) is 20.0 Å². The number of piperidine rings is 1. The second-order valence-electron chi connectivity index (χ2n) is 6.55. The van der Waals surface area contributed by atoms with Crippen LogP contribution in [0.1, 0.15) is 37.9 Å². The molecule has 24 heavy (non-hydrogen) atoms. The zero-order chi connectivity index (χ0) is 17.1. The van der Waals surface area contributed by atoms with Crippen LogP contribution in [0, 0.1) is 5.92 Å². The lowest BCUT2D eigenvalue weighted by molar-refractivity contribution is -0.140. The highest BCUT2D eigenvalue weighted by atomic mass is 16.2. The van der Waals surface area contributed by atoms with Crippen LogP contribution in [0.25, 0.3) is 0 Å². The summed E-state index contributed by atoms with van der Waals surface area (Å²) >= 11 is 0. The largest absolute Gasteiger partial charge is 0.369 e. The van der Waals surface area contributed by atoms with Crippen LogP contribution in [0.2, 0.25) is 0 Å². The number of aromatic nitrogens is 2. The molecule has 1 fully saturated rings. The van der Waals surface area contributed by atoms with Gasteiger partial charge in [0.2, 0.25) is 11.8 Å². The Labute approximate surface area is 142 Å². The number of hydrogen-bond donors (Lipinski definition) is 1. The van der Waals surface area contributed by atoms with Gasteiger partial charge in [-0.25, -0.2) is 0 Å². The summed E-state index contributed by atoms with van der Waals surface area (Å²) in [5.74, 6) is 0.897. The minimum atomic E-state index is -0.0766. The van der Waals surface area contributed by atoms with Gasteiger partial charge in [0, 0.05) is 46.1 Å². The number of carbonyl (C=O) groups excluding carboxylic acids is 2. The van der Waals surface area contributed by atoms with E-state index in [-0.39, 0.29) is 17.7 Å². The smallest absolute Gasteiger partial charge is 0.227 e. The highest BCUT2D eigenvalue weighted by Gasteiger charge is 2.32. The molecule has 7 nitrogen and oxygen atoms in total. The second kappa shape index (κ2) is 7.15. The van der Waals surface area contributed by atoms with Crippen molar-refractivity contribution < 1.29 is 9.59 Å². The highest BCUT2D eigenvalue weighted by Crippen LogP contribution is 2.24. The summed E-state index contributed by atoms with van der Waals surface area (Å²) in [6.45, 7) is 6.96. The summed E-state index contributed by atoms with van der Waals surface area (Å²) in [7, 11) is 0. The first-order valence-corrected chi connectivity index (χ1v) is 8.72. The lowest BCUT2D eigenvalue weighted by atomic mass is 9.95. The minimum absolute atomic E-state index is 0.0574. The van der Waals surface area contributed by atoms with Gasteiger partial charge in [0.05, 0.1) is 11.6 Å². The van der Waals surface area contributed by atoms with Gasteiger partial charge in [-0.15, -0.1) is 5.10 Å². The van der Waals surface area contributed by atoms with Crippen LogP contribution in [0.5, 0.6) is 0 Å². The molecular formula is C17H25N5O2. The average Bonchev–Trinajstić information content (AvgIpc) is 2.61. The molecule has 1 saturated heterocycles. The molecule has 0 saturated carbocycles. The van der Waals surface area contributed by atoms with Crippen molar-refractivity contribution in [3.05, 3.63) is 17.3 Å². The maximum Gasteiger partial charge on any atom is 0.227 e. The van der Waals surface area contributed by atoms with Gasteiger partial charge in [-0.05, 0) is 31.4 Å². The van der Waals surface area contributed by atoms with E-state index >= 15 is 0 Å². The first-order valence-electron chi connectivity index (χ1n) is 8.72. The van der Waals surface area contributed by atoms with Crippen LogP contribution in [-0.2, 0) is 22.6 Å². The van der Waals surface area contributed by atoms with E-state index in [0.717, 1.165) is 49.4 Å². The van der Waals surface area contributed by atoms with Gasteiger partial charge < -0.3 is 15.1 Å². The number of likely N-dealkylation sites (tertiary alicyclic amines) is 1. The predicted molar refractivity (Wildman–Crippen MR) is 90.3 cm³/mol. The van der Waals surface area contributed by atoms with Gasteiger partial charge in [0.1, 0.15) is 5.82 Å². The molecule has 3 rings (SSSR count). The summed E-state index contributed by atoms with van der Waals surface area (Å²) in [6, 6.07) is 1.99. The summed E-state index contributed by atoms with van der Waals surface area (Å²) in [5, 5.41) is 11.6. The fraction of sp³-hybridized carbons (Fsp3) is 0.647. The van der Waals surface area contributed by atoms with Crippen LogP contribution in [-0.4, -0.2) is 58.0 Å². The first-order chi connectivity index (χ1) is 11.6. The fourth-order valence-corrected chi connectivity index (χ4v) is 3.51. The molecule has 2 amide bonds. The molecule has 1 aromatic rings. The van der Waals surface area contributed by atoms with Gasteiger partial charge in [-0.3, -0.25) is 9.59 Å². The van der Waals surface area contributed by atoms with Crippen LogP contribution in [0.4, 0.5) is 5.82 Å². The molecule has 1 aromatic heterocycles. The third-order valence-corrected chi connectivity index (χ3v) is 4.83. The third-order valence-electron chi connectivity index (χ3n) is 4.83. The molecule has 130 valence electrons. The Morgan fingerprint density at radius 2 is 2.12 bits per heavy atom. The van der Waals surface area contributed by atoms with Crippen molar-refractivity contribution in [2.45, 2.75) is 39.7 Å². The Morgan fingerprint density at radius 1 is 1.29 bits per heavy atom. The Hall–Kier alpha value is -2.18. The quantitative estimate of drug-likeness (QED) is 0.896. The number of nitrogens with one attached hydrogen (secondary N) is 1. The number of rotatable bonds is 3. The van der Waals surface area contributed by atoms with Crippen molar-refractivity contribution in [3.63, 3.8) is 0 Å². The molecule has 0 aromatic carbocycles. The van der Waals surface area contributed by atoms with Crippen LogP contribution >= 0.6 is 0 Å². The van der Waals surface area contributed by atoms with E-state index < -0.39 is 0 Å². The lowest BCUT2D eigenvalue weighted by Gasteiger charge is -2.36. The number of amides is 2. The molecule has 3 heterocycles. The van der Waals surface area contributed by atoms with E-state index in [2.05, 4.69) is 15.5 Å². The van der Waals surface area contributed by atoms with E-state index in [9.17, 15) is 9.59 Å². The maximum atomic E-state index is 12.9. The average molecular weight is 331 g/mol. The molecule has 0 spiro atoms. The van der Waals surface area contributed by atoms with Crippen molar-refractivity contribution in [1.29, 1.82) is 0 Å². The maximum absolute atomic E-state index is 12.9. The molecule has 0 aliphatic carbocycles. The monoisotopic (exact) mass is 331 g/mol. The van der Waals surface area contributed by atoms with E-state index in [1.54, 1.807) is 11.8 Å². The Bertz CT molecular complexity index is 633. The highest BCUT2D eigenvalue weighted by molar-refractivity contribution is 5.81. The number of fused-ring (bicyclic) bond motifs is 1. The molecule has 0 radical (unpaired) electrons.